The summed E-state index contributed by atoms with van der Waals surface area (Å²) in [5.74, 6) is 1.28. The Hall–Kier alpha value is -2.82. The minimum absolute atomic E-state index is 0.467. The number of benzene rings is 3. The second-order valence-corrected chi connectivity index (χ2v) is 7.66. The molecule has 0 atom stereocenters. The quantitative estimate of drug-likeness (QED) is 0.312. The number of aromatic nitrogens is 1. The van der Waals surface area contributed by atoms with Gasteiger partial charge >= 0.3 is 0 Å². The number of rotatable bonds is 4. The Morgan fingerprint density at radius 3 is 2.61 bits per heavy atom. The molecule has 0 aliphatic heterocycles. The Balaban J connectivity index is 1.68. The third-order valence-electron chi connectivity index (χ3n) is 4.12. The number of nitriles is 1. The molecule has 1 N–H and O–H groups in total. The Kier molecular flexibility index (Phi) is 5.33. The predicted octanol–water partition coefficient (Wildman–Crippen LogP) is 6.90. The highest BCUT2D eigenvalue weighted by Gasteiger charge is 2.11. The van der Waals surface area contributed by atoms with E-state index in [0.717, 1.165) is 20.2 Å². The summed E-state index contributed by atoms with van der Waals surface area (Å²) in [5, 5.41) is 14.2. The molecule has 0 amide bonds. The molecule has 0 spiro atoms. The normalized spacial score (nSPS) is 10.5. The van der Waals surface area contributed by atoms with E-state index in [1.165, 1.54) is 0 Å². The largest absolute Gasteiger partial charge is 0.456 e. The maximum Gasteiger partial charge on any atom is 0.146 e. The molecular formula is C22H13ClIN3O. The van der Waals surface area contributed by atoms with E-state index in [9.17, 15) is 5.26 Å². The van der Waals surface area contributed by atoms with Crippen molar-refractivity contribution in [2.24, 2.45) is 0 Å². The first kappa shape index (κ1) is 18.5. The van der Waals surface area contributed by atoms with Crippen LogP contribution in [0.25, 0.3) is 10.9 Å². The molecule has 0 saturated carbocycles. The van der Waals surface area contributed by atoms with Crippen molar-refractivity contribution in [1.29, 1.82) is 5.26 Å². The van der Waals surface area contributed by atoms with Gasteiger partial charge in [0.05, 0.1) is 21.8 Å². The lowest BCUT2D eigenvalue weighted by molar-refractivity contribution is 0.483. The average molecular weight is 498 g/mol. The summed E-state index contributed by atoms with van der Waals surface area (Å²) in [6.45, 7) is 0. The minimum atomic E-state index is 0.467. The molecule has 0 fully saturated rings. The van der Waals surface area contributed by atoms with Gasteiger partial charge in [0.1, 0.15) is 17.6 Å². The van der Waals surface area contributed by atoms with Crippen LogP contribution in [0.4, 0.5) is 11.4 Å². The molecule has 0 aliphatic carbocycles. The van der Waals surface area contributed by atoms with Crippen LogP contribution in [0.1, 0.15) is 5.56 Å². The Labute approximate surface area is 180 Å². The van der Waals surface area contributed by atoms with Crippen LogP contribution in [0.2, 0.25) is 5.02 Å². The summed E-state index contributed by atoms with van der Waals surface area (Å²) in [5.41, 5.74) is 2.75. The van der Waals surface area contributed by atoms with Crippen LogP contribution < -0.4 is 10.1 Å². The molecular weight excluding hydrogens is 485 g/mol. The number of pyridine rings is 1. The van der Waals surface area contributed by atoms with Gasteiger partial charge in [-0.1, -0.05) is 29.8 Å². The molecule has 136 valence electrons. The van der Waals surface area contributed by atoms with Crippen LogP contribution in [0, 0.1) is 14.9 Å². The number of fused-ring (bicyclic) bond motifs is 1. The first-order valence-corrected chi connectivity index (χ1v) is 9.87. The van der Waals surface area contributed by atoms with E-state index in [1.807, 2.05) is 54.6 Å². The van der Waals surface area contributed by atoms with Crippen molar-refractivity contribution in [3.05, 3.63) is 87.1 Å². The van der Waals surface area contributed by atoms with Crippen LogP contribution in [0.3, 0.4) is 0 Å². The molecule has 0 aliphatic rings. The lowest BCUT2D eigenvalue weighted by Gasteiger charge is -2.13. The molecule has 1 heterocycles. The Morgan fingerprint density at radius 1 is 1.04 bits per heavy atom. The molecule has 4 nitrogen and oxygen atoms in total. The van der Waals surface area contributed by atoms with Gasteiger partial charge < -0.3 is 10.1 Å². The summed E-state index contributed by atoms with van der Waals surface area (Å²) in [6, 6.07) is 23.0. The standard InChI is InChI=1S/C22H13ClIN3O/c23-19-11-16(7-9-21(19)28-17-4-2-1-3-5-17)27-22-14(12-25)13-26-20-10-15(24)6-8-18(20)22/h1-11,13H,(H,26,27). The number of halogens is 2. The van der Waals surface area contributed by atoms with E-state index in [-0.39, 0.29) is 0 Å². The van der Waals surface area contributed by atoms with E-state index < -0.39 is 0 Å². The van der Waals surface area contributed by atoms with Gasteiger partial charge in [-0.25, -0.2) is 0 Å². The highest BCUT2D eigenvalue weighted by Crippen LogP contribution is 2.34. The van der Waals surface area contributed by atoms with Crippen molar-refractivity contribution >= 4 is 56.5 Å². The smallest absolute Gasteiger partial charge is 0.146 e. The highest BCUT2D eigenvalue weighted by atomic mass is 127. The molecule has 0 radical (unpaired) electrons. The van der Waals surface area contributed by atoms with Crippen LogP contribution >= 0.6 is 34.2 Å². The van der Waals surface area contributed by atoms with E-state index in [4.69, 9.17) is 16.3 Å². The molecule has 4 aromatic rings. The predicted molar refractivity (Wildman–Crippen MR) is 120 cm³/mol. The van der Waals surface area contributed by atoms with Crippen molar-refractivity contribution < 1.29 is 4.74 Å². The first-order valence-electron chi connectivity index (χ1n) is 8.42. The molecule has 3 aromatic carbocycles. The van der Waals surface area contributed by atoms with Gasteiger partial charge in [-0.15, -0.1) is 0 Å². The summed E-state index contributed by atoms with van der Waals surface area (Å²) in [7, 11) is 0. The highest BCUT2D eigenvalue weighted by molar-refractivity contribution is 14.1. The summed E-state index contributed by atoms with van der Waals surface area (Å²) < 4.78 is 6.90. The van der Waals surface area contributed by atoms with Crippen molar-refractivity contribution in [3.8, 4) is 17.6 Å². The molecule has 0 bridgehead atoms. The van der Waals surface area contributed by atoms with Gasteiger partial charge in [0.25, 0.3) is 0 Å². The average Bonchev–Trinajstić information content (AvgIpc) is 2.71. The fourth-order valence-corrected chi connectivity index (χ4v) is 3.50. The van der Waals surface area contributed by atoms with Crippen molar-refractivity contribution in [2.45, 2.75) is 0 Å². The van der Waals surface area contributed by atoms with Crippen LogP contribution in [-0.4, -0.2) is 4.98 Å². The SMILES string of the molecule is N#Cc1cnc2cc(I)ccc2c1Nc1ccc(Oc2ccccc2)c(Cl)c1. The molecule has 28 heavy (non-hydrogen) atoms. The van der Waals surface area contributed by atoms with Crippen molar-refractivity contribution in [2.75, 3.05) is 5.32 Å². The Morgan fingerprint density at radius 2 is 1.86 bits per heavy atom. The minimum Gasteiger partial charge on any atom is -0.456 e. The molecule has 4 rings (SSSR count). The molecule has 0 saturated heterocycles. The van der Waals surface area contributed by atoms with Crippen molar-refractivity contribution in [3.63, 3.8) is 0 Å². The zero-order valence-electron chi connectivity index (χ0n) is 14.5. The van der Waals surface area contributed by atoms with E-state index in [1.54, 1.807) is 18.3 Å². The summed E-state index contributed by atoms with van der Waals surface area (Å²) in [4.78, 5) is 4.38. The zero-order chi connectivity index (χ0) is 19.5. The van der Waals surface area contributed by atoms with Gasteiger partial charge in [-0.2, -0.15) is 5.26 Å². The second kappa shape index (κ2) is 8.05. The van der Waals surface area contributed by atoms with E-state index in [0.29, 0.717) is 27.8 Å². The number of para-hydroxylation sites is 1. The number of anilines is 2. The van der Waals surface area contributed by atoms with Gasteiger partial charge in [0.2, 0.25) is 0 Å². The Bertz CT molecular complexity index is 1210. The lowest BCUT2D eigenvalue weighted by Crippen LogP contribution is -1.97. The first-order chi connectivity index (χ1) is 13.6. The van der Waals surface area contributed by atoms with Crippen LogP contribution in [-0.2, 0) is 0 Å². The summed E-state index contributed by atoms with van der Waals surface area (Å²) >= 11 is 8.66. The molecule has 0 unspecified atom stereocenters. The summed E-state index contributed by atoms with van der Waals surface area (Å²) in [6.07, 6.45) is 1.58. The topological polar surface area (TPSA) is 57.9 Å². The maximum atomic E-state index is 9.50. The molecule has 6 heteroatoms. The number of nitrogens with one attached hydrogen (secondary N) is 1. The van der Waals surface area contributed by atoms with Crippen LogP contribution in [0.15, 0.2) is 72.9 Å². The number of nitrogens with zero attached hydrogens (tertiary/aromatic N) is 2. The van der Waals surface area contributed by atoms with Gasteiger partial charge in [-0.3, -0.25) is 4.98 Å². The number of ether oxygens (including phenoxy) is 1. The fourth-order valence-electron chi connectivity index (χ4n) is 2.81. The lowest BCUT2D eigenvalue weighted by atomic mass is 10.1. The number of hydrogen-bond acceptors (Lipinski definition) is 4. The third kappa shape index (κ3) is 3.88. The second-order valence-electron chi connectivity index (χ2n) is 6.01. The molecule has 1 aromatic heterocycles. The van der Waals surface area contributed by atoms with Gasteiger partial charge in [-0.05, 0) is 71.1 Å². The monoisotopic (exact) mass is 497 g/mol. The van der Waals surface area contributed by atoms with E-state index >= 15 is 0 Å². The zero-order valence-corrected chi connectivity index (χ0v) is 17.4. The van der Waals surface area contributed by atoms with Crippen molar-refractivity contribution in [1.82, 2.24) is 4.98 Å². The third-order valence-corrected chi connectivity index (χ3v) is 5.09. The van der Waals surface area contributed by atoms with E-state index in [2.05, 4.69) is 39.0 Å². The van der Waals surface area contributed by atoms with Gasteiger partial charge in [0, 0.05) is 20.8 Å². The number of hydrogen-bond donors (Lipinski definition) is 1. The van der Waals surface area contributed by atoms with Gasteiger partial charge in [0.15, 0.2) is 0 Å². The van der Waals surface area contributed by atoms with Crippen LogP contribution in [0.5, 0.6) is 11.5 Å². The fraction of sp³-hybridized carbons (Fsp3) is 0. The maximum absolute atomic E-state index is 9.50.